The Hall–Kier alpha value is -1.06. The Bertz CT molecular complexity index is 449. The monoisotopic (exact) mass is 291 g/mol. The molecule has 0 spiro atoms. The van der Waals surface area contributed by atoms with Gasteiger partial charge in [0.1, 0.15) is 0 Å². The van der Waals surface area contributed by atoms with Crippen molar-refractivity contribution in [3.63, 3.8) is 0 Å². The molecule has 5 rings (SSSR count). The highest BCUT2D eigenvalue weighted by Gasteiger charge is 2.46. The second kappa shape index (κ2) is 4.99. The molecule has 116 valence electrons. The molecule has 2 heterocycles. The molecule has 0 aromatic rings. The Balaban J connectivity index is 1.48. The van der Waals surface area contributed by atoms with Crippen LogP contribution in [0.2, 0.25) is 0 Å². The molecule has 3 saturated carbocycles. The summed E-state index contributed by atoms with van der Waals surface area (Å²) >= 11 is 0. The highest BCUT2D eigenvalue weighted by atomic mass is 16.4. The SMILES string of the molecule is O=C(O)[C@@H]1CC[C@H](C(=O)N2CC3CC4CC(C3)CC2C4)C1. The lowest BCUT2D eigenvalue weighted by Gasteiger charge is -2.39. The Morgan fingerprint density at radius 2 is 1.43 bits per heavy atom. The first-order valence-electron chi connectivity index (χ1n) is 8.63. The molecule has 2 aliphatic heterocycles. The average Bonchev–Trinajstić information content (AvgIpc) is 2.85. The number of amides is 1. The molecule has 3 aliphatic carbocycles. The summed E-state index contributed by atoms with van der Waals surface area (Å²) in [6.45, 7) is 0.949. The highest BCUT2D eigenvalue weighted by Crippen LogP contribution is 2.48. The molecule has 0 aromatic heterocycles. The van der Waals surface area contributed by atoms with Crippen molar-refractivity contribution < 1.29 is 14.7 Å². The van der Waals surface area contributed by atoms with Gasteiger partial charge in [-0.2, -0.15) is 0 Å². The van der Waals surface area contributed by atoms with Gasteiger partial charge in [-0.15, -0.1) is 0 Å². The predicted octanol–water partition coefficient (Wildman–Crippen LogP) is 2.52. The minimum Gasteiger partial charge on any atom is -0.481 e. The van der Waals surface area contributed by atoms with Crippen LogP contribution in [0.25, 0.3) is 0 Å². The van der Waals surface area contributed by atoms with Crippen molar-refractivity contribution in [1.82, 2.24) is 4.90 Å². The Labute approximate surface area is 125 Å². The maximum absolute atomic E-state index is 12.9. The van der Waals surface area contributed by atoms with E-state index in [-0.39, 0.29) is 17.7 Å². The van der Waals surface area contributed by atoms with Crippen molar-refractivity contribution in [3.8, 4) is 0 Å². The van der Waals surface area contributed by atoms with E-state index < -0.39 is 5.97 Å². The maximum Gasteiger partial charge on any atom is 0.306 e. The van der Waals surface area contributed by atoms with Gasteiger partial charge in [0, 0.05) is 18.5 Å². The van der Waals surface area contributed by atoms with Gasteiger partial charge in [0.25, 0.3) is 0 Å². The van der Waals surface area contributed by atoms with Gasteiger partial charge in [-0.05, 0) is 69.1 Å². The van der Waals surface area contributed by atoms with Crippen LogP contribution in [0.5, 0.6) is 0 Å². The Morgan fingerprint density at radius 3 is 2.05 bits per heavy atom. The van der Waals surface area contributed by atoms with E-state index >= 15 is 0 Å². The number of hydrogen-bond acceptors (Lipinski definition) is 2. The van der Waals surface area contributed by atoms with E-state index in [4.69, 9.17) is 5.11 Å². The molecule has 1 N–H and O–H groups in total. The predicted molar refractivity (Wildman–Crippen MR) is 77.5 cm³/mol. The lowest BCUT2D eigenvalue weighted by atomic mass is 9.68. The average molecular weight is 291 g/mol. The van der Waals surface area contributed by atoms with E-state index in [1.807, 2.05) is 0 Å². The van der Waals surface area contributed by atoms with Gasteiger partial charge < -0.3 is 10.0 Å². The first kappa shape index (κ1) is 13.6. The van der Waals surface area contributed by atoms with Crippen molar-refractivity contribution in [2.45, 2.75) is 57.4 Å². The van der Waals surface area contributed by atoms with Crippen molar-refractivity contribution in [2.24, 2.45) is 29.6 Å². The molecule has 21 heavy (non-hydrogen) atoms. The summed E-state index contributed by atoms with van der Waals surface area (Å²) < 4.78 is 0. The molecule has 4 atom stereocenters. The van der Waals surface area contributed by atoms with Gasteiger partial charge in [-0.3, -0.25) is 9.59 Å². The quantitative estimate of drug-likeness (QED) is 0.850. The first-order chi connectivity index (χ1) is 10.1. The Morgan fingerprint density at radius 1 is 0.810 bits per heavy atom. The van der Waals surface area contributed by atoms with Crippen molar-refractivity contribution in [2.75, 3.05) is 6.54 Å². The van der Waals surface area contributed by atoms with E-state index in [0.29, 0.717) is 24.8 Å². The molecule has 2 unspecified atom stereocenters. The lowest BCUT2D eigenvalue weighted by Crippen LogP contribution is -2.44. The third kappa shape index (κ3) is 2.36. The third-order valence-corrected chi connectivity index (χ3v) is 6.52. The number of carbonyl (C=O) groups excluding carboxylic acids is 1. The van der Waals surface area contributed by atoms with Gasteiger partial charge in [-0.25, -0.2) is 0 Å². The standard InChI is InChI=1S/C17H25NO3/c19-16(13-1-2-14(8-13)17(20)21)18-9-12-4-10-3-11(5-12)7-15(18)6-10/h10-15H,1-9H2,(H,20,21)/t10?,11?,12?,13-,14+,15?/m0/s1. The lowest BCUT2D eigenvalue weighted by molar-refractivity contribution is -0.142. The molecule has 1 amide bonds. The van der Waals surface area contributed by atoms with Gasteiger partial charge in [0.15, 0.2) is 0 Å². The number of aliphatic carboxylic acids is 1. The van der Waals surface area contributed by atoms with Crippen LogP contribution in [0.15, 0.2) is 0 Å². The third-order valence-electron chi connectivity index (χ3n) is 6.52. The molecular formula is C17H25NO3. The largest absolute Gasteiger partial charge is 0.481 e. The molecular weight excluding hydrogens is 266 g/mol. The second-order valence-corrected chi connectivity index (χ2v) is 7.97. The molecule has 0 radical (unpaired) electrons. The van der Waals surface area contributed by atoms with Crippen LogP contribution in [0.3, 0.4) is 0 Å². The van der Waals surface area contributed by atoms with E-state index in [1.54, 1.807) is 0 Å². The molecule has 4 nitrogen and oxygen atoms in total. The van der Waals surface area contributed by atoms with Crippen LogP contribution in [0.1, 0.15) is 51.4 Å². The van der Waals surface area contributed by atoms with Crippen LogP contribution in [0, 0.1) is 29.6 Å². The van der Waals surface area contributed by atoms with Gasteiger partial charge in [0.05, 0.1) is 5.92 Å². The summed E-state index contributed by atoms with van der Waals surface area (Å²) in [5.41, 5.74) is 0. The zero-order valence-corrected chi connectivity index (χ0v) is 12.5. The molecule has 5 aliphatic rings. The van der Waals surface area contributed by atoms with Crippen LogP contribution in [-0.4, -0.2) is 34.5 Å². The minimum absolute atomic E-state index is 0.0261. The number of carboxylic acid groups (broad SMARTS) is 1. The van der Waals surface area contributed by atoms with Crippen LogP contribution < -0.4 is 0 Å². The summed E-state index contributed by atoms with van der Waals surface area (Å²) in [4.78, 5) is 26.2. The first-order valence-corrected chi connectivity index (χ1v) is 8.63. The molecule has 5 fully saturated rings. The Kier molecular flexibility index (Phi) is 3.23. The topological polar surface area (TPSA) is 57.6 Å². The van der Waals surface area contributed by atoms with Crippen LogP contribution >= 0.6 is 0 Å². The van der Waals surface area contributed by atoms with Crippen molar-refractivity contribution >= 4 is 11.9 Å². The zero-order valence-electron chi connectivity index (χ0n) is 12.5. The van der Waals surface area contributed by atoms with E-state index in [9.17, 15) is 9.59 Å². The van der Waals surface area contributed by atoms with Gasteiger partial charge in [0.2, 0.25) is 5.91 Å². The normalized spacial score (nSPS) is 44.9. The van der Waals surface area contributed by atoms with Gasteiger partial charge >= 0.3 is 5.97 Å². The van der Waals surface area contributed by atoms with Crippen LogP contribution in [0.4, 0.5) is 0 Å². The fraction of sp³-hybridized carbons (Fsp3) is 0.882. The molecule has 4 heteroatoms. The number of carbonyl (C=O) groups is 2. The number of carboxylic acids is 1. The second-order valence-electron chi connectivity index (χ2n) is 7.97. The zero-order chi connectivity index (χ0) is 14.6. The smallest absolute Gasteiger partial charge is 0.306 e. The van der Waals surface area contributed by atoms with Crippen molar-refractivity contribution in [3.05, 3.63) is 0 Å². The van der Waals surface area contributed by atoms with E-state index in [0.717, 1.165) is 24.8 Å². The summed E-state index contributed by atoms with van der Waals surface area (Å²) in [6.07, 6.45) is 8.45. The number of rotatable bonds is 2. The number of nitrogens with zero attached hydrogens (tertiary/aromatic N) is 1. The van der Waals surface area contributed by atoms with Crippen LogP contribution in [-0.2, 0) is 9.59 Å². The summed E-state index contributed by atoms with van der Waals surface area (Å²) in [7, 11) is 0. The number of hydrogen-bond donors (Lipinski definition) is 1. The van der Waals surface area contributed by atoms with E-state index in [2.05, 4.69) is 4.90 Å². The van der Waals surface area contributed by atoms with E-state index in [1.165, 1.54) is 32.1 Å². The molecule has 2 saturated heterocycles. The summed E-state index contributed by atoms with van der Waals surface area (Å²) in [5.74, 6) is 1.64. The number of fused-ring (bicyclic) bond motifs is 1. The highest BCUT2D eigenvalue weighted by molar-refractivity contribution is 5.81. The molecule has 0 aromatic carbocycles. The fourth-order valence-electron chi connectivity index (χ4n) is 5.72. The van der Waals surface area contributed by atoms with Gasteiger partial charge in [-0.1, -0.05) is 0 Å². The summed E-state index contributed by atoms with van der Waals surface area (Å²) in [6, 6.07) is 0.456. The fourth-order valence-corrected chi connectivity index (χ4v) is 5.72. The maximum atomic E-state index is 12.9. The van der Waals surface area contributed by atoms with Crippen molar-refractivity contribution in [1.29, 1.82) is 0 Å². The minimum atomic E-state index is -0.721. The summed E-state index contributed by atoms with van der Waals surface area (Å²) in [5, 5.41) is 9.13. The molecule has 4 bridgehead atoms.